The van der Waals surface area contributed by atoms with Crippen LogP contribution in [0.1, 0.15) is 53.8 Å². The summed E-state index contributed by atoms with van der Waals surface area (Å²) in [6.45, 7) is 7.59. The highest BCUT2D eigenvalue weighted by molar-refractivity contribution is 6.00. The molecule has 1 saturated heterocycles. The van der Waals surface area contributed by atoms with Gasteiger partial charge in [-0.2, -0.15) is 5.10 Å². The lowest BCUT2D eigenvalue weighted by atomic mass is 9.96. The van der Waals surface area contributed by atoms with Gasteiger partial charge in [-0.25, -0.2) is 0 Å². The Hall–Kier alpha value is -3.36. The average molecular weight is 505 g/mol. The number of rotatable bonds is 11. The minimum absolute atomic E-state index is 0.0135. The van der Waals surface area contributed by atoms with Crippen molar-refractivity contribution < 1.29 is 19.0 Å². The molecule has 8 nitrogen and oxygen atoms in total. The van der Waals surface area contributed by atoms with E-state index in [0.717, 1.165) is 79.6 Å². The lowest BCUT2D eigenvalue weighted by Gasteiger charge is -2.31. The van der Waals surface area contributed by atoms with Gasteiger partial charge < -0.3 is 19.1 Å². The Balaban J connectivity index is 1.44. The number of aromatic amines is 1. The van der Waals surface area contributed by atoms with Crippen LogP contribution in [0.2, 0.25) is 0 Å². The SMILES string of the molecule is CCCCCOc1ccc(C2c3c(-c4ccc(OC)cc4)n[nH]c3C(=O)N2CCN2CCOCC2)cc1. The van der Waals surface area contributed by atoms with Crippen LogP contribution in [0.15, 0.2) is 48.5 Å². The number of H-pyrrole nitrogens is 1. The quantitative estimate of drug-likeness (QED) is 0.387. The van der Waals surface area contributed by atoms with E-state index in [1.807, 2.05) is 41.3 Å². The van der Waals surface area contributed by atoms with Crippen LogP contribution in [0, 0.1) is 0 Å². The third-order valence-corrected chi connectivity index (χ3v) is 7.20. The van der Waals surface area contributed by atoms with Crippen molar-refractivity contribution in [3.63, 3.8) is 0 Å². The molecule has 8 heteroatoms. The third kappa shape index (κ3) is 5.50. The van der Waals surface area contributed by atoms with E-state index < -0.39 is 0 Å². The lowest BCUT2D eigenvalue weighted by Crippen LogP contribution is -2.42. The van der Waals surface area contributed by atoms with E-state index in [1.165, 1.54) is 6.42 Å². The van der Waals surface area contributed by atoms with Crippen LogP contribution in [0.25, 0.3) is 11.3 Å². The van der Waals surface area contributed by atoms with Crippen molar-refractivity contribution in [1.82, 2.24) is 20.0 Å². The summed E-state index contributed by atoms with van der Waals surface area (Å²) in [7, 11) is 1.65. The maximum absolute atomic E-state index is 13.6. The molecule has 1 fully saturated rings. The number of nitrogens with one attached hydrogen (secondary N) is 1. The second-order valence-electron chi connectivity index (χ2n) is 9.57. The van der Waals surface area contributed by atoms with E-state index >= 15 is 0 Å². The van der Waals surface area contributed by atoms with Crippen molar-refractivity contribution in [1.29, 1.82) is 0 Å². The first kappa shape index (κ1) is 25.3. The van der Waals surface area contributed by atoms with Crippen LogP contribution >= 0.6 is 0 Å². The van der Waals surface area contributed by atoms with Crippen LogP contribution < -0.4 is 9.47 Å². The Kier molecular flexibility index (Phi) is 8.06. The fourth-order valence-electron chi connectivity index (χ4n) is 5.11. The second kappa shape index (κ2) is 11.8. The normalized spacial score (nSPS) is 17.7. The Morgan fingerprint density at radius 1 is 1.00 bits per heavy atom. The van der Waals surface area contributed by atoms with Gasteiger partial charge in [0.25, 0.3) is 5.91 Å². The second-order valence-corrected chi connectivity index (χ2v) is 9.57. The van der Waals surface area contributed by atoms with Gasteiger partial charge in [0.1, 0.15) is 17.2 Å². The molecule has 5 rings (SSSR count). The molecule has 0 bridgehead atoms. The molecular weight excluding hydrogens is 468 g/mol. The molecule has 3 heterocycles. The summed E-state index contributed by atoms with van der Waals surface area (Å²) in [5, 5.41) is 7.64. The first-order valence-corrected chi connectivity index (χ1v) is 13.3. The zero-order valence-corrected chi connectivity index (χ0v) is 21.7. The van der Waals surface area contributed by atoms with Crippen LogP contribution in [0.3, 0.4) is 0 Å². The number of methoxy groups -OCH3 is 1. The van der Waals surface area contributed by atoms with Crippen molar-refractivity contribution in [2.24, 2.45) is 0 Å². The number of fused-ring (bicyclic) bond motifs is 1. The largest absolute Gasteiger partial charge is 0.497 e. The van der Waals surface area contributed by atoms with Gasteiger partial charge >= 0.3 is 0 Å². The monoisotopic (exact) mass is 504 g/mol. The first-order chi connectivity index (χ1) is 18.2. The van der Waals surface area contributed by atoms with Gasteiger partial charge in [-0.05, 0) is 48.4 Å². The standard InChI is InChI=1S/C29H36N4O4/c1-3-4-5-18-37-24-12-8-22(9-13-24)28-25-26(21-6-10-23(35-2)11-7-21)30-31-27(25)29(34)33(28)15-14-32-16-19-36-20-17-32/h6-13,28H,3-5,14-20H2,1-2H3,(H,30,31). The van der Waals surface area contributed by atoms with E-state index in [1.54, 1.807) is 7.11 Å². The van der Waals surface area contributed by atoms with Crippen molar-refractivity contribution >= 4 is 5.91 Å². The molecule has 1 atom stereocenters. The summed E-state index contributed by atoms with van der Waals surface area (Å²) >= 11 is 0. The molecule has 1 N–H and O–H groups in total. The molecule has 2 aromatic carbocycles. The number of nitrogens with zero attached hydrogens (tertiary/aromatic N) is 3. The summed E-state index contributed by atoms with van der Waals surface area (Å²) < 4.78 is 16.8. The number of amides is 1. The fraction of sp³-hybridized carbons (Fsp3) is 0.448. The summed E-state index contributed by atoms with van der Waals surface area (Å²) in [6.07, 6.45) is 3.38. The molecule has 2 aliphatic rings. The molecule has 0 radical (unpaired) electrons. The topological polar surface area (TPSA) is 79.9 Å². The maximum atomic E-state index is 13.6. The zero-order valence-electron chi connectivity index (χ0n) is 21.7. The maximum Gasteiger partial charge on any atom is 0.273 e. The Bertz CT molecular complexity index is 1170. The van der Waals surface area contributed by atoms with Gasteiger partial charge in [0.2, 0.25) is 0 Å². The van der Waals surface area contributed by atoms with E-state index in [-0.39, 0.29) is 11.9 Å². The van der Waals surface area contributed by atoms with Crippen molar-refractivity contribution in [2.75, 3.05) is 53.1 Å². The van der Waals surface area contributed by atoms with Gasteiger partial charge in [0.15, 0.2) is 0 Å². The van der Waals surface area contributed by atoms with Crippen molar-refractivity contribution in [3.05, 3.63) is 65.4 Å². The number of unbranched alkanes of at least 4 members (excludes halogenated alkanes) is 2. The molecule has 1 aromatic heterocycles. The van der Waals surface area contributed by atoms with Crippen LogP contribution in [-0.4, -0.2) is 79.0 Å². The lowest BCUT2D eigenvalue weighted by molar-refractivity contribution is 0.0316. The van der Waals surface area contributed by atoms with Crippen molar-refractivity contribution in [3.8, 4) is 22.8 Å². The number of aromatic nitrogens is 2. The number of hydrogen-bond donors (Lipinski definition) is 1. The Morgan fingerprint density at radius 2 is 1.73 bits per heavy atom. The minimum Gasteiger partial charge on any atom is -0.497 e. The molecule has 2 aliphatic heterocycles. The van der Waals surface area contributed by atoms with Gasteiger partial charge in [-0.1, -0.05) is 31.9 Å². The van der Waals surface area contributed by atoms with E-state index in [2.05, 4.69) is 34.2 Å². The van der Waals surface area contributed by atoms with Crippen LogP contribution in [0.4, 0.5) is 0 Å². The summed E-state index contributed by atoms with van der Waals surface area (Å²) in [5.41, 5.74) is 4.28. The van der Waals surface area contributed by atoms with Gasteiger partial charge in [-0.15, -0.1) is 0 Å². The number of morpholine rings is 1. The summed E-state index contributed by atoms with van der Waals surface area (Å²) in [6, 6.07) is 15.8. The molecule has 0 saturated carbocycles. The van der Waals surface area contributed by atoms with E-state index in [0.29, 0.717) is 18.8 Å². The molecule has 37 heavy (non-hydrogen) atoms. The highest BCUT2D eigenvalue weighted by atomic mass is 16.5. The predicted octanol–water partition coefficient (Wildman–Crippen LogP) is 4.53. The Labute approximate surface area is 218 Å². The first-order valence-electron chi connectivity index (χ1n) is 13.3. The van der Waals surface area contributed by atoms with E-state index in [9.17, 15) is 4.79 Å². The van der Waals surface area contributed by atoms with Crippen molar-refractivity contribution in [2.45, 2.75) is 32.2 Å². The highest BCUT2D eigenvalue weighted by Gasteiger charge is 2.42. The van der Waals surface area contributed by atoms with Gasteiger partial charge in [0.05, 0.1) is 38.7 Å². The molecule has 3 aromatic rings. The van der Waals surface area contributed by atoms with Gasteiger partial charge in [-0.3, -0.25) is 14.8 Å². The number of carbonyl (C=O) groups excluding carboxylic acids is 1. The summed E-state index contributed by atoms with van der Waals surface area (Å²) in [5.74, 6) is 1.62. The third-order valence-electron chi connectivity index (χ3n) is 7.20. The molecular formula is C29H36N4O4. The molecule has 0 spiro atoms. The number of ether oxygens (including phenoxy) is 3. The molecule has 196 valence electrons. The molecule has 1 unspecified atom stereocenters. The van der Waals surface area contributed by atoms with E-state index in [4.69, 9.17) is 14.2 Å². The smallest absolute Gasteiger partial charge is 0.273 e. The average Bonchev–Trinajstić information content (AvgIpc) is 3.49. The molecule has 1 amide bonds. The number of benzene rings is 2. The van der Waals surface area contributed by atoms with Gasteiger partial charge in [0, 0.05) is 37.3 Å². The number of hydrogen-bond acceptors (Lipinski definition) is 6. The summed E-state index contributed by atoms with van der Waals surface area (Å²) in [4.78, 5) is 18.0. The zero-order chi connectivity index (χ0) is 25.6. The Morgan fingerprint density at radius 3 is 2.43 bits per heavy atom. The van der Waals surface area contributed by atoms with Crippen LogP contribution in [0.5, 0.6) is 11.5 Å². The number of carbonyl (C=O) groups is 1. The molecule has 0 aliphatic carbocycles. The predicted molar refractivity (Wildman–Crippen MR) is 142 cm³/mol. The fourth-order valence-corrected chi connectivity index (χ4v) is 5.11. The highest BCUT2D eigenvalue weighted by Crippen LogP contribution is 2.43. The minimum atomic E-state index is -0.228. The van der Waals surface area contributed by atoms with Crippen LogP contribution in [-0.2, 0) is 4.74 Å².